The fourth-order valence-electron chi connectivity index (χ4n) is 1.63. The summed E-state index contributed by atoms with van der Waals surface area (Å²) < 4.78 is 9.92. The van der Waals surface area contributed by atoms with Gasteiger partial charge in [0.1, 0.15) is 0 Å². The van der Waals surface area contributed by atoms with Gasteiger partial charge >= 0.3 is 137 Å². The molecule has 0 spiro atoms. The first-order chi connectivity index (χ1) is 10.3. The molecule has 122 valence electrons. The minimum atomic E-state index is -0.663. The third kappa shape index (κ3) is 7.48. The van der Waals surface area contributed by atoms with Crippen LogP contribution in [0.4, 0.5) is 4.79 Å². The molecule has 0 fully saturated rings. The number of amides is 1. The summed E-state index contributed by atoms with van der Waals surface area (Å²) in [5.41, 5.74) is 0.628. The van der Waals surface area contributed by atoms with Gasteiger partial charge in [-0.25, -0.2) is 0 Å². The van der Waals surface area contributed by atoms with E-state index < -0.39 is 23.7 Å². The molecular formula is C16H23NO4Se. The topological polar surface area (TPSA) is 64.6 Å². The van der Waals surface area contributed by atoms with E-state index in [-0.39, 0.29) is 15.0 Å². The number of nitrogens with one attached hydrogen (secondary N) is 1. The standard InChI is InChI=1S/C16H23NO4Se/c1-16(2,3)21-15(19)17-13(14(18)20-4)11-22-10-12-8-6-5-7-9-12/h5-9,13H,10-11H2,1-4H3,(H,17,19)/t13-/m0/s1. The number of carbonyl (C=O) groups is 2. The number of alkyl carbamates (subject to hydrolysis) is 1. The Labute approximate surface area is 137 Å². The zero-order valence-corrected chi connectivity index (χ0v) is 15.1. The van der Waals surface area contributed by atoms with Gasteiger partial charge in [-0.15, -0.1) is 0 Å². The molecule has 1 atom stereocenters. The Morgan fingerprint density at radius 1 is 1.23 bits per heavy atom. The molecule has 0 saturated carbocycles. The second-order valence-electron chi connectivity index (χ2n) is 5.72. The molecular weight excluding hydrogens is 349 g/mol. The zero-order valence-electron chi connectivity index (χ0n) is 13.4. The molecule has 0 aliphatic carbocycles. The molecule has 0 aromatic heterocycles. The number of hydrogen-bond acceptors (Lipinski definition) is 4. The monoisotopic (exact) mass is 373 g/mol. The van der Waals surface area contributed by atoms with Crippen molar-refractivity contribution < 1.29 is 19.1 Å². The predicted molar refractivity (Wildman–Crippen MR) is 85.9 cm³/mol. The van der Waals surface area contributed by atoms with Crippen LogP contribution in [0.2, 0.25) is 5.32 Å². The van der Waals surface area contributed by atoms with Gasteiger partial charge in [-0.05, 0) is 0 Å². The van der Waals surface area contributed by atoms with Crippen molar-refractivity contribution in [1.82, 2.24) is 5.32 Å². The Balaban J connectivity index is 2.50. The maximum absolute atomic E-state index is 11.8. The van der Waals surface area contributed by atoms with E-state index in [1.807, 2.05) is 18.2 Å². The third-order valence-corrected chi connectivity index (χ3v) is 4.89. The maximum atomic E-state index is 11.8. The van der Waals surface area contributed by atoms with E-state index in [1.165, 1.54) is 12.7 Å². The van der Waals surface area contributed by atoms with Crippen LogP contribution >= 0.6 is 0 Å². The van der Waals surface area contributed by atoms with Gasteiger partial charge in [-0.2, -0.15) is 0 Å². The summed E-state index contributed by atoms with van der Waals surface area (Å²) in [6, 6.07) is 9.39. The van der Waals surface area contributed by atoms with Crippen molar-refractivity contribution in [3.05, 3.63) is 35.9 Å². The van der Waals surface area contributed by atoms with Crippen LogP contribution in [0.15, 0.2) is 30.3 Å². The number of rotatable bonds is 6. The average molecular weight is 372 g/mol. The molecule has 0 unspecified atom stereocenters. The molecule has 1 aromatic rings. The molecule has 0 heterocycles. The van der Waals surface area contributed by atoms with Crippen LogP contribution < -0.4 is 5.32 Å². The predicted octanol–water partition coefficient (Wildman–Crippen LogP) is 2.38. The molecule has 0 saturated heterocycles. The summed E-state index contributed by atoms with van der Waals surface area (Å²) in [5, 5.41) is 4.05. The van der Waals surface area contributed by atoms with Gasteiger partial charge in [-0.1, -0.05) is 0 Å². The van der Waals surface area contributed by atoms with E-state index in [0.717, 1.165) is 5.32 Å². The fraction of sp³-hybridized carbons (Fsp3) is 0.500. The SMILES string of the molecule is COC(=O)[C@H](C[Se]Cc1ccccc1)NC(=O)OC(C)(C)C. The van der Waals surface area contributed by atoms with Crippen molar-refractivity contribution in [2.24, 2.45) is 0 Å². The van der Waals surface area contributed by atoms with Crippen molar-refractivity contribution in [3.8, 4) is 0 Å². The molecule has 0 aliphatic rings. The van der Waals surface area contributed by atoms with Gasteiger partial charge in [0, 0.05) is 0 Å². The van der Waals surface area contributed by atoms with Crippen molar-refractivity contribution in [2.45, 2.75) is 43.1 Å². The number of benzene rings is 1. The quantitative estimate of drug-likeness (QED) is 0.615. The summed E-state index contributed by atoms with van der Waals surface area (Å²) in [6.45, 7) is 5.33. The molecule has 5 nitrogen and oxygen atoms in total. The summed E-state index contributed by atoms with van der Waals surface area (Å²) in [4.78, 5) is 23.6. The summed E-state index contributed by atoms with van der Waals surface area (Å²) >= 11 is 0.176. The van der Waals surface area contributed by atoms with Crippen LogP contribution in [0.25, 0.3) is 0 Å². The van der Waals surface area contributed by atoms with Crippen LogP contribution in [-0.4, -0.2) is 45.8 Å². The summed E-state index contributed by atoms with van der Waals surface area (Å²) in [5.74, 6) is -0.444. The van der Waals surface area contributed by atoms with E-state index >= 15 is 0 Å². The Kier molecular flexibility index (Phi) is 7.42. The van der Waals surface area contributed by atoms with Crippen molar-refractivity contribution in [1.29, 1.82) is 0 Å². The average Bonchev–Trinajstić information content (AvgIpc) is 2.44. The molecule has 1 amide bonds. The number of hydrogen-bond donors (Lipinski definition) is 1. The van der Waals surface area contributed by atoms with Gasteiger partial charge in [0.25, 0.3) is 0 Å². The van der Waals surface area contributed by atoms with Crippen LogP contribution in [0.3, 0.4) is 0 Å². The first-order valence-electron chi connectivity index (χ1n) is 7.01. The van der Waals surface area contributed by atoms with Crippen LogP contribution in [-0.2, 0) is 19.6 Å². The summed E-state index contributed by atoms with van der Waals surface area (Å²) in [7, 11) is 1.32. The molecule has 0 radical (unpaired) electrons. The Bertz CT molecular complexity index is 485. The molecule has 0 aliphatic heterocycles. The van der Waals surface area contributed by atoms with E-state index in [0.29, 0.717) is 5.32 Å². The van der Waals surface area contributed by atoms with Gasteiger partial charge in [-0.3, -0.25) is 0 Å². The first kappa shape index (κ1) is 18.5. The van der Waals surface area contributed by atoms with E-state index in [1.54, 1.807) is 20.8 Å². The fourth-order valence-corrected chi connectivity index (χ4v) is 3.73. The Morgan fingerprint density at radius 3 is 2.41 bits per heavy atom. The zero-order chi connectivity index (χ0) is 16.6. The van der Waals surface area contributed by atoms with Crippen LogP contribution in [0.5, 0.6) is 0 Å². The number of methoxy groups -OCH3 is 1. The van der Waals surface area contributed by atoms with Gasteiger partial charge in [0.15, 0.2) is 0 Å². The number of carbonyl (C=O) groups excluding carboxylic acids is 2. The van der Waals surface area contributed by atoms with E-state index in [2.05, 4.69) is 17.4 Å². The normalized spacial score (nSPS) is 12.4. The molecule has 1 aromatic carbocycles. The minimum absolute atomic E-state index is 0.176. The van der Waals surface area contributed by atoms with Gasteiger partial charge in [0.2, 0.25) is 0 Å². The molecule has 6 heteroatoms. The Morgan fingerprint density at radius 2 is 1.86 bits per heavy atom. The van der Waals surface area contributed by atoms with Crippen molar-refractivity contribution in [3.63, 3.8) is 0 Å². The Hall–Kier alpha value is -1.52. The summed E-state index contributed by atoms with van der Waals surface area (Å²) in [6.07, 6.45) is -0.599. The molecule has 1 N–H and O–H groups in total. The molecule has 0 bridgehead atoms. The second-order valence-corrected chi connectivity index (χ2v) is 7.88. The molecule has 1 rings (SSSR count). The first-order valence-corrected chi connectivity index (χ1v) is 9.43. The van der Waals surface area contributed by atoms with Gasteiger partial charge < -0.3 is 0 Å². The van der Waals surface area contributed by atoms with E-state index in [4.69, 9.17) is 9.47 Å². The molecule has 22 heavy (non-hydrogen) atoms. The van der Waals surface area contributed by atoms with Crippen LogP contribution in [0, 0.1) is 0 Å². The third-order valence-electron chi connectivity index (χ3n) is 2.57. The second kappa shape index (κ2) is 8.81. The van der Waals surface area contributed by atoms with Crippen molar-refractivity contribution in [2.75, 3.05) is 7.11 Å². The van der Waals surface area contributed by atoms with Gasteiger partial charge in [0.05, 0.1) is 0 Å². The van der Waals surface area contributed by atoms with E-state index in [9.17, 15) is 9.59 Å². The number of esters is 1. The number of ether oxygens (including phenoxy) is 2. The van der Waals surface area contributed by atoms with Crippen LogP contribution in [0.1, 0.15) is 26.3 Å². The van der Waals surface area contributed by atoms with Crippen molar-refractivity contribution >= 4 is 27.0 Å².